The first-order chi connectivity index (χ1) is 15.5. The van der Waals surface area contributed by atoms with Gasteiger partial charge < -0.3 is 19.5 Å². The van der Waals surface area contributed by atoms with Crippen molar-refractivity contribution in [3.8, 4) is 17.3 Å². The minimum Gasteiger partial charge on any atom is -0.494 e. The van der Waals surface area contributed by atoms with Crippen LogP contribution in [0.25, 0.3) is 22.2 Å². The van der Waals surface area contributed by atoms with Crippen molar-refractivity contribution in [2.75, 3.05) is 19.6 Å². The van der Waals surface area contributed by atoms with E-state index in [0.717, 1.165) is 47.1 Å². The second-order valence-electron chi connectivity index (χ2n) is 8.50. The lowest BCUT2D eigenvalue weighted by Gasteiger charge is -2.32. The zero-order valence-corrected chi connectivity index (χ0v) is 18.9. The summed E-state index contributed by atoms with van der Waals surface area (Å²) >= 11 is 5.99. The number of aromatic hydroxyl groups is 1. The summed E-state index contributed by atoms with van der Waals surface area (Å²) in [6, 6.07) is 12.1. The molecule has 32 heavy (non-hydrogen) atoms. The Balaban J connectivity index is 1.42. The molecule has 2 aromatic heterocycles. The molecule has 3 heterocycles. The van der Waals surface area contributed by atoms with Gasteiger partial charge in [-0.3, -0.25) is 4.90 Å². The number of hydrogen-bond acceptors (Lipinski definition) is 6. The predicted octanol–water partition coefficient (Wildman–Crippen LogP) is 4.20. The normalized spacial score (nSPS) is 17.3. The highest BCUT2D eigenvalue weighted by molar-refractivity contribution is 6.30. The maximum absolute atomic E-state index is 10.8. The molecule has 1 atom stereocenters. The van der Waals surface area contributed by atoms with Gasteiger partial charge in [0.1, 0.15) is 0 Å². The lowest BCUT2D eigenvalue weighted by Crippen LogP contribution is -2.49. The average molecular weight is 452 g/mol. The van der Waals surface area contributed by atoms with Crippen LogP contribution < -0.4 is 5.32 Å². The Morgan fingerprint density at radius 1 is 1.22 bits per heavy atom. The van der Waals surface area contributed by atoms with Gasteiger partial charge in [-0.05, 0) is 49.2 Å². The van der Waals surface area contributed by atoms with Crippen LogP contribution in [0.2, 0.25) is 5.02 Å². The van der Waals surface area contributed by atoms with Gasteiger partial charge in [-0.2, -0.15) is 4.98 Å². The van der Waals surface area contributed by atoms with E-state index in [4.69, 9.17) is 16.1 Å². The summed E-state index contributed by atoms with van der Waals surface area (Å²) in [5.74, 6) is 1.44. The number of nitrogens with one attached hydrogen (secondary N) is 1. The van der Waals surface area contributed by atoms with Gasteiger partial charge >= 0.3 is 0 Å². The fraction of sp³-hybridized carbons (Fsp3) is 0.333. The fourth-order valence-electron chi connectivity index (χ4n) is 4.36. The van der Waals surface area contributed by atoms with E-state index in [9.17, 15) is 5.11 Å². The van der Waals surface area contributed by atoms with Crippen molar-refractivity contribution in [2.45, 2.75) is 33.0 Å². The number of rotatable bonds is 5. The first-order valence-electron chi connectivity index (χ1n) is 10.8. The molecule has 5 rings (SSSR count). The Bertz CT molecular complexity index is 1250. The van der Waals surface area contributed by atoms with Gasteiger partial charge in [0, 0.05) is 53.2 Å². The number of aryl methyl sites for hydroxylation is 1. The van der Waals surface area contributed by atoms with Crippen molar-refractivity contribution in [3.05, 3.63) is 64.6 Å². The first kappa shape index (κ1) is 21.0. The van der Waals surface area contributed by atoms with Crippen LogP contribution in [0.3, 0.4) is 0 Å². The minimum absolute atomic E-state index is 0.250. The quantitative estimate of drug-likeness (QED) is 0.473. The van der Waals surface area contributed by atoms with E-state index in [1.807, 2.05) is 54.1 Å². The van der Waals surface area contributed by atoms with Crippen LogP contribution in [0.15, 0.2) is 47.1 Å². The summed E-state index contributed by atoms with van der Waals surface area (Å²) in [5, 5.41) is 20.9. The highest BCUT2D eigenvalue weighted by Crippen LogP contribution is 2.34. The zero-order chi connectivity index (χ0) is 22.2. The standard InChI is InChI=1S/C24H26ClN5O2/c1-15-9-18(23-27-21(32-28-23)14-29-8-7-26-11-16(29)2)10-19-13-30(24(31)22(15)19)12-17-3-5-20(25)6-4-17/h3-6,9-10,13,16,26,31H,7-8,11-12,14H2,1-2H3/t16-/m0/s1. The van der Waals surface area contributed by atoms with Crippen molar-refractivity contribution in [3.63, 3.8) is 0 Å². The molecule has 0 spiro atoms. The van der Waals surface area contributed by atoms with Gasteiger partial charge in [0.15, 0.2) is 5.88 Å². The molecule has 0 unspecified atom stereocenters. The monoisotopic (exact) mass is 451 g/mol. The van der Waals surface area contributed by atoms with E-state index >= 15 is 0 Å². The zero-order valence-electron chi connectivity index (χ0n) is 18.2. The number of aromatic nitrogens is 3. The molecule has 0 aliphatic carbocycles. The van der Waals surface area contributed by atoms with Gasteiger partial charge in [-0.1, -0.05) is 28.9 Å². The van der Waals surface area contributed by atoms with Gasteiger partial charge in [0.25, 0.3) is 0 Å². The number of fused-ring (bicyclic) bond motifs is 1. The Hall–Kier alpha value is -2.87. The summed E-state index contributed by atoms with van der Waals surface area (Å²) in [7, 11) is 0. The van der Waals surface area contributed by atoms with Crippen molar-refractivity contribution >= 4 is 22.4 Å². The molecule has 0 radical (unpaired) electrons. The maximum atomic E-state index is 10.8. The minimum atomic E-state index is 0.250. The van der Waals surface area contributed by atoms with Gasteiger partial charge in [0.2, 0.25) is 11.7 Å². The molecular formula is C24H26ClN5O2. The van der Waals surface area contributed by atoms with Crippen LogP contribution in [0.5, 0.6) is 5.88 Å². The summed E-state index contributed by atoms with van der Waals surface area (Å²) < 4.78 is 7.40. The molecule has 2 N–H and O–H groups in total. The third-order valence-electron chi connectivity index (χ3n) is 6.13. The van der Waals surface area contributed by atoms with Crippen molar-refractivity contribution in [1.29, 1.82) is 0 Å². The second-order valence-corrected chi connectivity index (χ2v) is 8.94. The Morgan fingerprint density at radius 3 is 2.81 bits per heavy atom. The molecule has 8 heteroatoms. The number of nitrogens with zero attached hydrogens (tertiary/aromatic N) is 4. The highest BCUT2D eigenvalue weighted by atomic mass is 35.5. The van der Waals surface area contributed by atoms with Gasteiger partial charge in [-0.25, -0.2) is 0 Å². The summed E-state index contributed by atoms with van der Waals surface area (Å²) in [4.78, 5) is 6.98. The van der Waals surface area contributed by atoms with E-state index in [0.29, 0.717) is 35.9 Å². The molecule has 4 aromatic rings. The number of benzene rings is 2. The van der Waals surface area contributed by atoms with Crippen LogP contribution in [-0.2, 0) is 13.1 Å². The van der Waals surface area contributed by atoms with Gasteiger partial charge in [0.05, 0.1) is 13.1 Å². The smallest absolute Gasteiger partial charge is 0.241 e. The molecule has 1 aliphatic rings. The van der Waals surface area contributed by atoms with Gasteiger partial charge in [-0.15, -0.1) is 0 Å². The molecule has 0 amide bonds. The first-order valence-corrected chi connectivity index (χ1v) is 11.2. The SMILES string of the molecule is Cc1cc(-c2noc(CN3CCNC[C@@H]3C)n2)cc2cn(Cc3ccc(Cl)cc3)c(O)c12. The molecular weight excluding hydrogens is 426 g/mol. The lowest BCUT2D eigenvalue weighted by molar-refractivity contribution is 0.146. The Morgan fingerprint density at radius 2 is 2.03 bits per heavy atom. The third-order valence-corrected chi connectivity index (χ3v) is 6.38. The Kier molecular flexibility index (Phi) is 5.63. The second kappa shape index (κ2) is 8.58. The number of piperazine rings is 1. The molecule has 7 nitrogen and oxygen atoms in total. The fourth-order valence-corrected chi connectivity index (χ4v) is 4.48. The number of halogens is 1. The number of hydrogen-bond donors (Lipinski definition) is 2. The summed E-state index contributed by atoms with van der Waals surface area (Å²) in [6.07, 6.45) is 1.96. The Labute approximate surface area is 191 Å². The van der Waals surface area contributed by atoms with Crippen LogP contribution in [0.1, 0.15) is 23.9 Å². The van der Waals surface area contributed by atoms with E-state index in [1.165, 1.54) is 0 Å². The maximum Gasteiger partial charge on any atom is 0.241 e. The third kappa shape index (κ3) is 4.11. The topological polar surface area (TPSA) is 79.4 Å². The summed E-state index contributed by atoms with van der Waals surface area (Å²) in [6.45, 7) is 8.29. The van der Waals surface area contributed by atoms with E-state index in [1.54, 1.807) is 0 Å². The summed E-state index contributed by atoms with van der Waals surface area (Å²) in [5.41, 5.74) is 2.90. The molecule has 1 aliphatic heterocycles. The van der Waals surface area contributed by atoms with Crippen LogP contribution in [0.4, 0.5) is 0 Å². The molecule has 166 valence electrons. The van der Waals surface area contributed by atoms with Crippen LogP contribution in [0, 0.1) is 6.92 Å². The molecule has 0 bridgehead atoms. The van der Waals surface area contributed by atoms with Crippen molar-refractivity contribution in [2.24, 2.45) is 0 Å². The van der Waals surface area contributed by atoms with Crippen molar-refractivity contribution in [1.82, 2.24) is 24.9 Å². The average Bonchev–Trinajstić information content (AvgIpc) is 3.36. The lowest BCUT2D eigenvalue weighted by atomic mass is 10.1. The molecule has 1 saturated heterocycles. The van der Waals surface area contributed by atoms with E-state index in [2.05, 4.69) is 27.3 Å². The van der Waals surface area contributed by atoms with Crippen LogP contribution in [-0.4, -0.2) is 50.4 Å². The largest absolute Gasteiger partial charge is 0.494 e. The highest BCUT2D eigenvalue weighted by Gasteiger charge is 2.21. The predicted molar refractivity (Wildman–Crippen MR) is 125 cm³/mol. The molecule has 1 fully saturated rings. The molecule has 2 aromatic carbocycles. The molecule has 0 saturated carbocycles. The van der Waals surface area contributed by atoms with E-state index in [-0.39, 0.29) is 5.88 Å². The van der Waals surface area contributed by atoms with E-state index < -0.39 is 0 Å². The van der Waals surface area contributed by atoms with Crippen LogP contribution >= 0.6 is 11.6 Å². The van der Waals surface area contributed by atoms with Crippen molar-refractivity contribution < 1.29 is 9.63 Å².